The smallest absolute Gasteiger partial charge is 0.311 e. The van der Waals surface area contributed by atoms with E-state index in [1.807, 2.05) is 4.90 Å². The summed E-state index contributed by atoms with van der Waals surface area (Å²) in [6, 6.07) is 4.85. The zero-order valence-corrected chi connectivity index (χ0v) is 22.8. The standard InChI is InChI=1S/C24H32IN3O5S/c1-4-33-24(30)22-15-5-6-16(11-15)23(22)28(10-9-14(2)3)21(29)13-20-26-18-8-7-17(25)12-19(18)34(31,32)27-20/h7-8,12,14-16,22-23H,4-6,9-11,13H2,1-3H3,(H,26,27)/t15-,16+,22+,23-/m0/s1. The van der Waals surface area contributed by atoms with E-state index in [1.165, 1.54) is 0 Å². The average Bonchev–Trinajstić information content (AvgIpc) is 3.36. The minimum absolute atomic E-state index is 0.114. The number of esters is 1. The maximum absolute atomic E-state index is 13.6. The van der Waals surface area contributed by atoms with Crippen LogP contribution in [-0.2, 0) is 24.3 Å². The number of hydrogen-bond donors (Lipinski definition) is 1. The van der Waals surface area contributed by atoms with E-state index in [-0.39, 0.29) is 52.8 Å². The Hall–Kier alpha value is -1.69. The van der Waals surface area contributed by atoms with Crippen LogP contribution in [0.25, 0.3) is 0 Å². The largest absolute Gasteiger partial charge is 0.466 e. The second kappa shape index (κ2) is 10.1. The highest BCUT2D eigenvalue weighted by molar-refractivity contribution is 14.1. The van der Waals surface area contributed by atoms with Gasteiger partial charge in [-0.25, -0.2) is 0 Å². The number of nitrogens with one attached hydrogen (secondary N) is 1. The molecule has 2 bridgehead atoms. The molecule has 1 N–H and O–H groups in total. The lowest BCUT2D eigenvalue weighted by Gasteiger charge is -2.39. The van der Waals surface area contributed by atoms with Gasteiger partial charge in [-0.3, -0.25) is 9.59 Å². The molecule has 186 valence electrons. The maximum Gasteiger partial charge on any atom is 0.311 e. The van der Waals surface area contributed by atoms with Gasteiger partial charge in [-0.2, -0.15) is 8.42 Å². The Balaban J connectivity index is 1.59. The molecule has 1 aromatic carbocycles. The van der Waals surface area contributed by atoms with Crippen LogP contribution in [0.15, 0.2) is 27.5 Å². The van der Waals surface area contributed by atoms with Crippen molar-refractivity contribution in [2.45, 2.75) is 63.8 Å². The Bertz CT molecular complexity index is 1100. The first kappa shape index (κ1) is 25.4. The SMILES string of the molecule is CCOC(=O)[C@@H]1[C@H]2CC[C@H](C2)[C@@H]1N(CCC(C)C)C(=O)CC1=NS(=O)(=O)c2cc(I)ccc2N1. The van der Waals surface area contributed by atoms with Gasteiger partial charge in [-0.05, 0) is 91.2 Å². The Kier molecular flexibility index (Phi) is 7.56. The topological polar surface area (TPSA) is 105 Å². The fourth-order valence-electron chi connectivity index (χ4n) is 5.62. The molecule has 8 nitrogen and oxygen atoms in total. The Labute approximate surface area is 215 Å². The van der Waals surface area contributed by atoms with Gasteiger partial charge in [0.05, 0.1) is 24.6 Å². The summed E-state index contributed by atoms with van der Waals surface area (Å²) >= 11 is 2.05. The highest BCUT2D eigenvalue weighted by Crippen LogP contribution is 2.51. The summed E-state index contributed by atoms with van der Waals surface area (Å²) in [7, 11) is -3.89. The molecule has 0 spiro atoms. The fourth-order valence-corrected chi connectivity index (χ4v) is 7.50. The number of amides is 1. The molecule has 4 atom stereocenters. The third-order valence-electron chi connectivity index (χ3n) is 7.11. The van der Waals surface area contributed by atoms with Crippen LogP contribution in [0.5, 0.6) is 0 Å². The summed E-state index contributed by atoms with van der Waals surface area (Å²) in [4.78, 5) is 28.5. The van der Waals surface area contributed by atoms with Crippen LogP contribution in [0, 0.1) is 27.2 Å². The predicted molar refractivity (Wildman–Crippen MR) is 138 cm³/mol. The number of fused-ring (bicyclic) bond motifs is 3. The zero-order chi connectivity index (χ0) is 24.6. The van der Waals surface area contributed by atoms with Crippen molar-refractivity contribution >= 4 is 56.0 Å². The number of hydrogen-bond acceptors (Lipinski definition) is 6. The first-order chi connectivity index (χ1) is 16.1. The minimum Gasteiger partial charge on any atom is -0.466 e. The zero-order valence-electron chi connectivity index (χ0n) is 19.8. The van der Waals surface area contributed by atoms with Gasteiger partial charge in [0.2, 0.25) is 5.91 Å². The molecule has 0 aromatic heterocycles. The summed E-state index contributed by atoms with van der Waals surface area (Å²) < 4.78 is 35.6. The van der Waals surface area contributed by atoms with Crippen molar-refractivity contribution in [2.75, 3.05) is 18.5 Å². The van der Waals surface area contributed by atoms with Gasteiger partial charge in [0, 0.05) is 16.2 Å². The molecular formula is C24H32IN3O5S. The Morgan fingerprint density at radius 3 is 2.71 bits per heavy atom. The first-order valence-corrected chi connectivity index (χ1v) is 14.5. The summed E-state index contributed by atoms with van der Waals surface area (Å²) in [5.74, 6) is 0.261. The van der Waals surface area contributed by atoms with Crippen molar-refractivity contribution in [2.24, 2.45) is 28.1 Å². The molecule has 1 amide bonds. The number of anilines is 1. The van der Waals surface area contributed by atoms with Crippen LogP contribution in [0.2, 0.25) is 0 Å². The van der Waals surface area contributed by atoms with E-state index in [1.54, 1.807) is 25.1 Å². The molecule has 2 aliphatic carbocycles. The van der Waals surface area contributed by atoms with E-state index in [4.69, 9.17) is 4.74 Å². The molecule has 10 heteroatoms. The number of ether oxygens (including phenoxy) is 1. The van der Waals surface area contributed by atoms with E-state index < -0.39 is 10.0 Å². The summed E-state index contributed by atoms with van der Waals surface area (Å²) in [5.41, 5.74) is 0.427. The lowest BCUT2D eigenvalue weighted by atomic mass is 9.83. The molecule has 1 aromatic rings. The lowest BCUT2D eigenvalue weighted by molar-refractivity contribution is -0.154. The molecular weight excluding hydrogens is 569 g/mol. The number of carbonyl (C=O) groups is 2. The molecule has 2 fully saturated rings. The second-order valence-corrected chi connectivity index (χ2v) is 12.6. The summed E-state index contributed by atoms with van der Waals surface area (Å²) in [6.45, 7) is 6.84. The van der Waals surface area contributed by atoms with Crippen molar-refractivity contribution in [3.63, 3.8) is 0 Å². The predicted octanol–water partition coefficient (Wildman–Crippen LogP) is 4.05. The van der Waals surface area contributed by atoms with Gasteiger partial charge in [0.25, 0.3) is 10.0 Å². The first-order valence-electron chi connectivity index (χ1n) is 12.0. The molecule has 1 heterocycles. The monoisotopic (exact) mass is 601 g/mol. The fraction of sp³-hybridized carbons (Fsp3) is 0.625. The maximum atomic E-state index is 13.6. The van der Waals surface area contributed by atoms with Crippen LogP contribution in [0.3, 0.4) is 0 Å². The van der Waals surface area contributed by atoms with Crippen molar-refractivity contribution < 1.29 is 22.7 Å². The molecule has 4 rings (SSSR count). The average molecular weight is 602 g/mol. The van der Waals surface area contributed by atoms with Crippen LogP contribution in [-0.4, -0.2) is 50.2 Å². The Morgan fingerprint density at radius 1 is 1.26 bits per heavy atom. The molecule has 0 saturated heterocycles. The molecule has 1 aliphatic heterocycles. The number of amidine groups is 1. The van der Waals surface area contributed by atoms with Crippen LogP contribution in [0.4, 0.5) is 5.69 Å². The van der Waals surface area contributed by atoms with Crippen LogP contribution in [0.1, 0.15) is 52.9 Å². The number of halogens is 1. The highest BCUT2D eigenvalue weighted by atomic mass is 127. The molecule has 34 heavy (non-hydrogen) atoms. The molecule has 3 aliphatic rings. The number of sulfonamides is 1. The molecule has 0 unspecified atom stereocenters. The lowest BCUT2D eigenvalue weighted by Crippen LogP contribution is -2.51. The third kappa shape index (κ3) is 5.12. The second-order valence-electron chi connectivity index (χ2n) is 9.83. The quantitative estimate of drug-likeness (QED) is 0.356. The van der Waals surface area contributed by atoms with Gasteiger partial charge >= 0.3 is 5.97 Å². The Morgan fingerprint density at radius 2 is 2.00 bits per heavy atom. The van der Waals surface area contributed by atoms with Gasteiger partial charge in [0.15, 0.2) is 0 Å². The summed E-state index contributed by atoms with van der Waals surface area (Å²) in [6.07, 6.45) is 3.55. The van der Waals surface area contributed by atoms with Gasteiger partial charge in [-0.15, -0.1) is 4.40 Å². The van der Waals surface area contributed by atoms with Crippen LogP contribution >= 0.6 is 22.6 Å². The van der Waals surface area contributed by atoms with E-state index in [9.17, 15) is 18.0 Å². The number of nitrogens with zero attached hydrogens (tertiary/aromatic N) is 2. The van der Waals surface area contributed by atoms with Crippen molar-refractivity contribution in [1.29, 1.82) is 0 Å². The number of carbonyl (C=O) groups excluding carboxylic acids is 2. The van der Waals surface area contributed by atoms with E-state index in [0.717, 1.165) is 29.3 Å². The number of benzene rings is 1. The highest BCUT2D eigenvalue weighted by Gasteiger charge is 2.54. The van der Waals surface area contributed by atoms with Crippen molar-refractivity contribution in [1.82, 2.24) is 4.90 Å². The normalized spacial score (nSPS) is 26.6. The molecule has 0 radical (unpaired) electrons. The van der Waals surface area contributed by atoms with Crippen molar-refractivity contribution in [3.05, 3.63) is 21.8 Å². The van der Waals surface area contributed by atoms with Crippen LogP contribution < -0.4 is 5.32 Å². The van der Waals surface area contributed by atoms with Crippen molar-refractivity contribution in [3.8, 4) is 0 Å². The number of rotatable bonds is 8. The third-order valence-corrected chi connectivity index (χ3v) is 9.13. The molecule has 2 saturated carbocycles. The van der Waals surface area contributed by atoms with E-state index in [0.29, 0.717) is 24.8 Å². The van der Waals surface area contributed by atoms with Gasteiger partial charge < -0.3 is 15.0 Å². The summed E-state index contributed by atoms with van der Waals surface area (Å²) in [5, 5.41) is 3.04. The minimum atomic E-state index is -3.89. The van der Waals surface area contributed by atoms with E-state index >= 15 is 0 Å². The van der Waals surface area contributed by atoms with E-state index in [2.05, 4.69) is 46.2 Å². The van der Waals surface area contributed by atoms with Gasteiger partial charge in [-0.1, -0.05) is 13.8 Å². The van der Waals surface area contributed by atoms with Gasteiger partial charge in [0.1, 0.15) is 10.7 Å².